The number of benzene rings is 2. The van der Waals surface area contributed by atoms with Crippen LogP contribution in [-0.4, -0.2) is 34.7 Å². The van der Waals surface area contributed by atoms with E-state index >= 15 is 0 Å². The summed E-state index contributed by atoms with van der Waals surface area (Å²) in [5.74, 6) is 0.696. The summed E-state index contributed by atoms with van der Waals surface area (Å²) in [5.41, 5.74) is 1.59. The van der Waals surface area contributed by atoms with E-state index < -0.39 is 6.10 Å². The maximum atomic E-state index is 12.8. The summed E-state index contributed by atoms with van der Waals surface area (Å²) in [4.78, 5) is 29.5. The molecule has 1 unspecified atom stereocenters. The van der Waals surface area contributed by atoms with Crippen LogP contribution in [0.4, 0.5) is 5.00 Å². The minimum Gasteiger partial charge on any atom is -0.481 e. The first-order valence-electron chi connectivity index (χ1n) is 10.1. The van der Waals surface area contributed by atoms with E-state index in [0.717, 1.165) is 22.7 Å². The van der Waals surface area contributed by atoms with Gasteiger partial charge in [-0.15, -0.1) is 0 Å². The number of para-hydroxylation sites is 1. The normalized spacial score (nSPS) is 14.0. The molecule has 1 fully saturated rings. The first-order chi connectivity index (χ1) is 15.1. The molecule has 8 heteroatoms. The average molecular weight is 454 g/mol. The van der Waals surface area contributed by atoms with Crippen LogP contribution in [0.15, 0.2) is 65.0 Å². The highest BCUT2D eigenvalue weighted by Gasteiger charge is 2.24. The predicted molar refractivity (Wildman–Crippen MR) is 125 cm³/mol. The topological polar surface area (TPSA) is 80.3 Å². The highest BCUT2D eigenvalue weighted by Crippen LogP contribution is 2.37. The van der Waals surface area contributed by atoms with Crippen molar-refractivity contribution in [1.29, 1.82) is 0 Å². The summed E-state index contributed by atoms with van der Waals surface area (Å²) in [7, 11) is 0. The molecule has 0 bridgehead atoms. The van der Waals surface area contributed by atoms with Gasteiger partial charge < -0.3 is 15.4 Å². The number of hydrogen-bond donors (Lipinski definition) is 2. The number of rotatable bonds is 9. The van der Waals surface area contributed by atoms with Gasteiger partial charge in [-0.25, -0.2) is 4.98 Å². The number of ether oxygens (including phenoxy) is 1. The Bertz CT molecular complexity index is 1040. The number of anilines is 1. The number of thiazole rings is 1. The third-order valence-corrected chi connectivity index (χ3v) is 6.70. The number of nitrogens with one attached hydrogen (secondary N) is 2. The Morgan fingerprint density at radius 1 is 1.13 bits per heavy atom. The molecule has 160 valence electrons. The molecular weight excluding hydrogens is 430 g/mol. The van der Waals surface area contributed by atoms with Crippen LogP contribution in [0.5, 0.6) is 5.75 Å². The quantitative estimate of drug-likeness (QED) is 0.463. The fourth-order valence-electron chi connectivity index (χ4n) is 2.83. The van der Waals surface area contributed by atoms with Gasteiger partial charge in [0, 0.05) is 11.6 Å². The lowest BCUT2D eigenvalue weighted by Crippen LogP contribution is -2.30. The molecule has 1 atom stereocenters. The Morgan fingerprint density at radius 3 is 2.48 bits per heavy atom. The monoisotopic (exact) mass is 453 g/mol. The Morgan fingerprint density at radius 2 is 1.81 bits per heavy atom. The highest BCUT2D eigenvalue weighted by atomic mass is 32.2. The van der Waals surface area contributed by atoms with Crippen molar-refractivity contribution in [2.24, 2.45) is 0 Å². The van der Waals surface area contributed by atoms with Gasteiger partial charge in [-0.3, -0.25) is 9.59 Å². The molecule has 3 aromatic rings. The molecule has 0 saturated heterocycles. The molecule has 0 radical (unpaired) electrons. The van der Waals surface area contributed by atoms with Gasteiger partial charge in [0.05, 0.1) is 5.75 Å². The lowest BCUT2D eigenvalue weighted by atomic mass is 10.2. The molecule has 1 aromatic heterocycles. The van der Waals surface area contributed by atoms with Gasteiger partial charge in [0.2, 0.25) is 5.91 Å². The highest BCUT2D eigenvalue weighted by molar-refractivity contribution is 8.01. The molecule has 1 saturated carbocycles. The van der Waals surface area contributed by atoms with Gasteiger partial charge >= 0.3 is 0 Å². The number of amides is 2. The van der Waals surface area contributed by atoms with Crippen molar-refractivity contribution >= 4 is 39.9 Å². The summed E-state index contributed by atoms with van der Waals surface area (Å²) in [6.07, 6.45) is 1.45. The van der Waals surface area contributed by atoms with Crippen LogP contribution in [0.1, 0.15) is 19.8 Å². The van der Waals surface area contributed by atoms with Crippen molar-refractivity contribution in [2.75, 3.05) is 11.1 Å². The maximum absolute atomic E-state index is 12.8. The predicted octanol–water partition coefficient (Wildman–Crippen LogP) is 4.59. The van der Waals surface area contributed by atoms with Crippen LogP contribution in [0.25, 0.3) is 11.3 Å². The molecule has 2 amide bonds. The zero-order chi connectivity index (χ0) is 21.6. The number of carbonyl (C=O) groups excluding carboxylic acids is 2. The van der Waals surface area contributed by atoms with Crippen LogP contribution in [0, 0.1) is 0 Å². The molecular formula is C23H23N3O3S2. The van der Waals surface area contributed by atoms with E-state index in [9.17, 15) is 9.59 Å². The van der Waals surface area contributed by atoms with Crippen molar-refractivity contribution in [3.63, 3.8) is 0 Å². The number of carbonyl (C=O) groups is 2. The first kappa shape index (κ1) is 21.4. The third kappa shape index (κ3) is 6.08. The van der Waals surface area contributed by atoms with Crippen molar-refractivity contribution in [3.05, 3.63) is 60.7 Å². The first-order valence-corrected chi connectivity index (χ1v) is 11.9. The Kier molecular flexibility index (Phi) is 6.89. The standard InChI is InChI=1S/C23H23N3O3S2/c1-15(29-18-10-6-3-7-11-18)21(28)26-22-20(16-8-4-2-5-9-16)25-23(31-22)30-14-19(27)24-17-12-13-17/h2-11,15,17H,12-14H2,1H3,(H,24,27)(H,26,28). The molecule has 2 aromatic carbocycles. The van der Waals surface area contributed by atoms with Gasteiger partial charge in [0.1, 0.15) is 16.4 Å². The summed E-state index contributed by atoms with van der Waals surface area (Å²) in [6, 6.07) is 19.3. The van der Waals surface area contributed by atoms with Gasteiger partial charge in [-0.05, 0) is 31.9 Å². The molecule has 1 heterocycles. The lowest BCUT2D eigenvalue weighted by Gasteiger charge is -2.14. The van der Waals surface area contributed by atoms with Crippen LogP contribution in [0.2, 0.25) is 0 Å². The summed E-state index contributed by atoms with van der Waals surface area (Å²) >= 11 is 2.75. The van der Waals surface area contributed by atoms with Gasteiger partial charge in [0.25, 0.3) is 5.91 Å². The maximum Gasteiger partial charge on any atom is 0.265 e. The van der Waals surface area contributed by atoms with Gasteiger partial charge in [-0.1, -0.05) is 71.6 Å². The van der Waals surface area contributed by atoms with Crippen LogP contribution >= 0.6 is 23.1 Å². The lowest BCUT2D eigenvalue weighted by molar-refractivity contribution is -0.122. The Balaban J connectivity index is 1.47. The van der Waals surface area contributed by atoms with Crippen molar-refractivity contribution in [2.45, 2.75) is 36.3 Å². The summed E-state index contributed by atoms with van der Waals surface area (Å²) in [6.45, 7) is 1.71. The van der Waals surface area contributed by atoms with E-state index in [1.54, 1.807) is 6.92 Å². The van der Waals surface area contributed by atoms with Crippen molar-refractivity contribution in [1.82, 2.24) is 10.3 Å². The van der Waals surface area contributed by atoms with E-state index in [1.807, 2.05) is 60.7 Å². The Hall–Kier alpha value is -2.84. The summed E-state index contributed by atoms with van der Waals surface area (Å²) in [5, 5.41) is 6.58. The molecule has 0 aliphatic heterocycles. The van der Waals surface area contributed by atoms with Crippen molar-refractivity contribution < 1.29 is 14.3 Å². The average Bonchev–Trinajstić information content (AvgIpc) is 3.51. The molecule has 6 nitrogen and oxygen atoms in total. The number of aromatic nitrogens is 1. The zero-order valence-electron chi connectivity index (χ0n) is 17.0. The number of nitrogens with zero attached hydrogens (tertiary/aromatic N) is 1. The van der Waals surface area contributed by atoms with Crippen LogP contribution < -0.4 is 15.4 Å². The molecule has 0 spiro atoms. The molecule has 1 aliphatic carbocycles. The second-order valence-corrected chi connectivity index (χ2v) is 9.44. The Labute approximate surface area is 189 Å². The minimum atomic E-state index is -0.673. The van der Waals surface area contributed by atoms with Gasteiger partial charge in [-0.2, -0.15) is 0 Å². The van der Waals surface area contributed by atoms with E-state index in [0.29, 0.717) is 28.2 Å². The van der Waals surface area contributed by atoms with E-state index in [1.165, 1.54) is 23.1 Å². The van der Waals surface area contributed by atoms with Crippen LogP contribution in [-0.2, 0) is 9.59 Å². The third-order valence-electron chi connectivity index (χ3n) is 4.59. The summed E-state index contributed by atoms with van der Waals surface area (Å²) < 4.78 is 6.47. The number of hydrogen-bond acceptors (Lipinski definition) is 6. The van der Waals surface area contributed by atoms with Crippen molar-refractivity contribution in [3.8, 4) is 17.0 Å². The van der Waals surface area contributed by atoms with E-state index in [4.69, 9.17) is 4.74 Å². The fourth-order valence-corrected chi connectivity index (χ4v) is 4.71. The zero-order valence-corrected chi connectivity index (χ0v) is 18.7. The second kappa shape index (κ2) is 9.98. The van der Waals surface area contributed by atoms with Crippen LogP contribution in [0.3, 0.4) is 0 Å². The van der Waals surface area contributed by atoms with E-state index in [2.05, 4.69) is 15.6 Å². The molecule has 4 rings (SSSR count). The van der Waals surface area contributed by atoms with Gasteiger partial charge in [0.15, 0.2) is 10.4 Å². The van der Waals surface area contributed by atoms with E-state index in [-0.39, 0.29) is 11.8 Å². The molecule has 1 aliphatic rings. The SMILES string of the molecule is CC(Oc1ccccc1)C(=O)Nc1sc(SCC(=O)NC2CC2)nc1-c1ccccc1. The second-order valence-electron chi connectivity index (χ2n) is 7.22. The minimum absolute atomic E-state index is 0.0134. The molecule has 31 heavy (non-hydrogen) atoms. The molecule has 2 N–H and O–H groups in total. The largest absolute Gasteiger partial charge is 0.481 e. The smallest absolute Gasteiger partial charge is 0.265 e. The number of thioether (sulfide) groups is 1. The fraction of sp³-hybridized carbons (Fsp3) is 0.261.